The summed E-state index contributed by atoms with van der Waals surface area (Å²) in [6.07, 6.45) is 0.658. The lowest BCUT2D eigenvalue weighted by Crippen LogP contribution is -2.11. The van der Waals surface area contributed by atoms with Crippen LogP contribution in [0.4, 0.5) is 10.2 Å². The topological polar surface area (TPSA) is 73.1 Å². The van der Waals surface area contributed by atoms with Crippen molar-refractivity contribution >= 4 is 5.82 Å². The Kier molecular flexibility index (Phi) is 4.25. The highest BCUT2D eigenvalue weighted by Crippen LogP contribution is 2.16. The van der Waals surface area contributed by atoms with E-state index in [0.29, 0.717) is 29.5 Å². The van der Waals surface area contributed by atoms with Crippen LogP contribution < -0.4 is 16.0 Å². The average molecular weight is 262 g/mol. The van der Waals surface area contributed by atoms with Crippen molar-refractivity contribution in [3.63, 3.8) is 0 Å². The van der Waals surface area contributed by atoms with Gasteiger partial charge in [0.05, 0.1) is 0 Å². The first-order valence-corrected chi connectivity index (χ1v) is 5.93. The van der Waals surface area contributed by atoms with E-state index >= 15 is 0 Å². The van der Waals surface area contributed by atoms with E-state index in [1.165, 1.54) is 6.07 Å². The summed E-state index contributed by atoms with van der Waals surface area (Å²) in [5, 5.41) is 0. The molecule has 0 radical (unpaired) electrons. The van der Waals surface area contributed by atoms with Gasteiger partial charge in [-0.25, -0.2) is 15.2 Å². The molecule has 19 heavy (non-hydrogen) atoms. The average Bonchev–Trinajstić information content (AvgIpc) is 2.46. The van der Waals surface area contributed by atoms with Crippen LogP contribution in [-0.4, -0.2) is 9.97 Å². The fourth-order valence-corrected chi connectivity index (χ4v) is 1.55. The van der Waals surface area contributed by atoms with Crippen LogP contribution in [-0.2, 0) is 13.0 Å². The van der Waals surface area contributed by atoms with E-state index in [1.54, 1.807) is 24.3 Å². The van der Waals surface area contributed by atoms with Gasteiger partial charge in [0.2, 0.25) is 5.88 Å². The number of aryl methyl sites for hydroxylation is 1. The summed E-state index contributed by atoms with van der Waals surface area (Å²) in [4.78, 5) is 8.33. The lowest BCUT2D eigenvalue weighted by atomic mass is 10.2. The Morgan fingerprint density at radius 1 is 1.32 bits per heavy atom. The third-order valence-corrected chi connectivity index (χ3v) is 2.55. The van der Waals surface area contributed by atoms with Crippen molar-refractivity contribution in [3.05, 3.63) is 47.5 Å². The number of hydrazine groups is 1. The maximum Gasteiger partial charge on any atom is 0.219 e. The molecule has 2 rings (SSSR count). The summed E-state index contributed by atoms with van der Waals surface area (Å²) >= 11 is 0. The minimum absolute atomic E-state index is 0.108. The van der Waals surface area contributed by atoms with Gasteiger partial charge in [-0.3, -0.25) is 0 Å². The quantitative estimate of drug-likeness (QED) is 0.637. The summed E-state index contributed by atoms with van der Waals surface area (Å²) in [5.41, 5.74) is 2.92. The van der Waals surface area contributed by atoms with Crippen molar-refractivity contribution in [2.45, 2.75) is 20.0 Å². The predicted molar refractivity (Wildman–Crippen MR) is 70.0 cm³/mol. The van der Waals surface area contributed by atoms with Crippen LogP contribution in [0.2, 0.25) is 0 Å². The van der Waals surface area contributed by atoms with E-state index in [0.717, 1.165) is 0 Å². The summed E-state index contributed by atoms with van der Waals surface area (Å²) < 4.78 is 18.9. The Balaban J connectivity index is 2.13. The standard InChI is InChI=1S/C13H15FN4O/c1-2-11-16-12(18-15)7-13(17-11)19-8-9-5-3-4-6-10(9)14/h3-7H,2,8,15H2,1H3,(H,16,17,18). The summed E-state index contributed by atoms with van der Waals surface area (Å²) in [7, 11) is 0. The van der Waals surface area contributed by atoms with Crippen LogP contribution in [0.25, 0.3) is 0 Å². The number of rotatable bonds is 5. The highest BCUT2D eigenvalue weighted by atomic mass is 19.1. The normalized spacial score (nSPS) is 10.3. The second-order valence-corrected chi connectivity index (χ2v) is 3.89. The molecule has 5 nitrogen and oxygen atoms in total. The van der Waals surface area contributed by atoms with Crippen molar-refractivity contribution in [2.24, 2.45) is 5.84 Å². The second-order valence-electron chi connectivity index (χ2n) is 3.89. The van der Waals surface area contributed by atoms with Gasteiger partial charge in [0.1, 0.15) is 24.1 Å². The van der Waals surface area contributed by atoms with E-state index < -0.39 is 0 Å². The van der Waals surface area contributed by atoms with Crippen LogP contribution >= 0.6 is 0 Å². The van der Waals surface area contributed by atoms with Crippen molar-refractivity contribution in [2.75, 3.05) is 5.43 Å². The smallest absolute Gasteiger partial charge is 0.219 e. The Bertz CT molecular complexity index is 540. The van der Waals surface area contributed by atoms with E-state index in [2.05, 4.69) is 15.4 Å². The molecule has 100 valence electrons. The predicted octanol–water partition coefficient (Wildman–Crippen LogP) is 2.04. The Morgan fingerprint density at radius 2 is 2.11 bits per heavy atom. The first kappa shape index (κ1) is 13.2. The van der Waals surface area contributed by atoms with Gasteiger partial charge in [-0.15, -0.1) is 0 Å². The molecule has 0 aliphatic rings. The van der Waals surface area contributed by atoms with Gasteiger partial charge < -0.3 is 10.2 Å². The minimum Gasteiger partial charge on any atom is -0.473 e. The van der Waals surface area contributed by atoms with Crippen molar-refractivity contribution < 1.29 is 9.13 Å². The lowest BCUT2D eigenvalue weighted by molar-refractivity contribution is 0.286. The van der Waals surface area contributed by atoms with Gasteiger partial charge in [-0.05, 0) is 6.07 Å². The highest BCUT2D eigenvalue weighted by molar-refractivity contribution is 5.37. The molecule has 1 aromatic carbocycles. The Labute approximate surface area is 110 Å². The maximum atomic E-state index is 13.4. The number of halogens is 1. The van der Waals surface area contributed by atoms with Gasteiger partial charge in [-0.1, -0.05) is 25.1 Å². The van der Waals surface area contributed by atoms with Crippen molar-refractivity contribution in [3.8, 4) is 5.88 Å². The van der Waals surface area contributed by atoms with Gasteiger partial charge in [0.15, 0.2) is 0 Å². The number of nitrogen functional groups attached to an aromatic ring is 1. The van der Waals surface area contributed by atoms with E-state index in [4.69, 9.17) is 10.6 Å². The molecule has 6 heteroatoms. The van der Waals surface area contributed by atoms with E-state index in [1.807, 2.05) is 6.92 Å². The number of hydrogen-bond acceptors (Lipinski definition) is 5. The SMILES string of the molecule is CCc1nc(NN)cc(OCc2ccccc2F)n1. The van der Waals surface area contributed by atoms with Crippen molar-refractivity contribution in [1.29, 1.82) is 0 Å². The molecule has 0 unspecified atom stereocenters. The number of ether oxygens (including phenoxy) is 1. The third kappa shape index (κ3) is 3.38. The number of anilines is 1. The Hall–Kier alpha value is -2.21. The molecule has 0 amide bonds. The maximum absolute atomic E-state index is 13.4. The molecule has 0 saturated carbocycles. The van der Waals surface area contributed by atoms with Crippen LogP contribution in [0.1, 0.15) is 18.3 Å². The zero-order chi connectivity index (χ0) is 13.7. The fourth-order valence-electron chi connectivity index (χ4n) is 1.55. The molecule has 1 aromatic heterocycles. The molecule has 0 bridgehead atoms. The molecule has 0 saturated heterocycles. The molecule has 0 aliphatic heterocycles. The zero-order valence-electron chi connectivity index (χ0n) is 10.6. The first-order chi connectivity index (χ1) is 9.22. The van der Waals surface area contributed by atoms with Crippen LogP contribution in [0, 0.1) is 5.82 Å². The highest BCUT2D eigenvalue weighted by Gasteiger charge is 2.06. The molecule has 0 aliphatic carbocycles. The molecule has 2 aromatic rings. The Morgan fingerprint density at radius 3 is 2.79 bits per heavy atom. The summed E-state index contributed by atoms with van der Waals surface area (Å²) in [6, 6.07) is 8.02. The molecule has 0 atom stereocenters. The van der Waals surface area contributed by atoms with Crippen LogP contribution in [0.5, 0.6) is 5.88 Å². The molecular weight excluding hydrogens is 247 g/mol. The number of nitrogens with one attached hydrogen (secondary N) is 1. The van der Waals surface area contributed by atoms with Crippen LogP contribution in [0.3, 0.4) is 0 Å². The third-order valence-electron chi connectivity index (χ3n) is 2.55. The zero-order valence-corrected chi connectivity index (χ0v) is 10.6. The largest absolute Gasteiger partial charge is 0.473 e. The molecule has 3 N–H and O–H groups in total. The summed E-state index contributed by atoms with van der Waals surface area (Å²) in [6.45, 7) is 2.03. The number of aromatic nitrogens is 2. The fraction of sp³-hybridized carbons (Fsp3) is 0.231. The molecular formula is C13H15FN4O. The van der Waals surface area contributed by atoms with Gasteiger partial charge in [0.25, 0.3) is 0 Å². The molecule has 0 fully saturated rings. The molecule has 1 heterocycles. The van der Waals surface area contributed by atoms with Gasteiger partial charge >= 0.3 is 0 Å². The van der Waals surface area contributed by atoms with Gasteiger partial charge in [0, 0.05) is 18.1 Å². The first-order valence-electron chi connectivity index (χ1n) is 5.93. The minimum atomic E-state index is -0.301. The van der Waals surface area contributed by atoms with Crippen molar-refractivity contribution in [1.82, 2.24) is 9.97 Å². The van der Waals surface area contributed by atoms with E-state index in [-0.39, 0.29) is 12.4 Å². The second kappa shape index (κ2) is 6.10. The number of benzene rings is 1. The number of nitrogens with two attached hydrogens (primary N) is 1. The molecule has 0 spiro atoms. The monoisotopic (exact) mass is 262 g/mol. The number of nitrogens with zero attached hydrogens (tertiary/aromatic N) is 2. The summed E-state index contributed by atoms with van der Waals surface area (Å²) in [5.74, 6) is 6.46. The van der Waals surface area contributed by atoms with Crippen LogP contribution in [0.15, 0.2) is 30.3 Å². The van der Waals surface area contributed by atoms with Gasteiger partial charge in [-0.2, -0.15) is 4.98 Å². The number of hydrogen-bond donors (Lipinski definition) is 2. The lowest BCUT2D eigenvalue weighted by Gasteiger charge is -2.09. The van der Waals surface area contributed by atoms with E-state index in [9.17, 15) is 4.39 Å².